The fourth-order valence-electron chi connectivity index (χ4n) is 2.06. The second kappa shape index (κ2) is 7.49. The number of nitrogens with one attached hydrogen (secondary N) is 1. The van der Waals surface area contributed by atoms with Gasteiger partial charge in [-0.1, -0.05) is 29.5 Å². The molecule has 0 aliphatic carbocycles. The van der Waals surface area contributed by atoms with Crippen molar-refractivity contribution in [2.45, 2.75) is 18.9 Å². The highest BCUT2D eigenvalue weighted by Crippen LogP contribution is 2.24. The summed E-state index contributed by atoms with van der Waals surface area (Å²) >= 11 is 1.11. The molecule has 0 unspecified atom stereocenters. The number of thioether (sulfide) groups is 1. The first kappa shape index (κ1) is 17.3. The molecule has 0 aliphatic rings. The second-order valence-corrected chi connectivity index (χ2v) is 6.12. The van der Waals surface area contributed by atoms with Gasteiger partial charge in [-0.05, 0) is 31.5 Å². The number of hydrogen-bond donors (Lipinski definition) is 2. The molecule has 24 heavy (non-hydrogen) atoms. The second-order valence-electron chi connectivity index (χ2n) is 5.15. The van der Waals surface area contributed by atoms with Gasteiger partial charge in [0.15, 0.2) is 0 Å². The minimum Gasteiger partial charge on any atom is -0.383 e. The predicted molar refractivity (Wildman–Crippen MR) is 93.3 cm³/mol. The molecule has 0 radical (unpaired) electrons. The van der Waals surface area contributed by atoms with Crippen molar-refractivity contribution in [1.29, 1.82) is 10.5 Å². The Morgan fingerprint density at radius 3 is 2.58 bits per heavy atom. The van der Waals surface area contributed by atoms with Crippen LogP contribution in [-0.2, 0) is 4.79 Å². The van der Waals surface area contributed by atoms with Crippen LogP contribution in [0.15, 0.2) is 29.3 Å². The van der Waals surface area contributed by atoms with Gasteiger partial charge >= 0.3 is 0 Å². The van der Waals surface area contributed by atoms with Gasteiger partial charge in [-0.3, -0.25) is 4.79 Å². The smallest absolute Gasteiger partial charge is 0.234 e. The number of carbonyl (C=O) groups excluding carboxylic acids is 1. The number of aryl methyl sites for hydroxylation is 2. The molecular weight excluding hydrogens is 322 g/mol. The SMILES string of the molecule is Cc1ccc(NC(=O)CSc2nc(N)c(C#N)cc2C#N)c(C)c1. The molecule has 0 fully saturated rings. The van der Waals surface area contributed by atoms with Gasteiger partial charge in [-0.15, -0.1) is 0 Å². The summed E-state index contributed by atoms with van der Waals surface area (Å²) in [5.74, 6) is -0.0743. The van der Waals surface area contributed by atoms with E-state index in [1.807, 2.05) is 44.2 Å². The van der Waals surface area contributed by atoms with E-state index in [1.54, 1.807) is 0 Å². The third-order valence-corrected chi connectivity index (χ3v) is 4.25. The standard InChI is InChI=1S/C17H15N5OS/c1-10-3-4-14(11(2)5-10)21-15(23)9-24-17-13(8-19)6-12(7-18)16(20)22-17/h3-6H,9H2,1-2H3,(H2,20,22)(H,21,23). The Bertz CT molecular complexity index is 880. The Hall–Kier alpha value is -3.03. The number of benzene rings is 1. The van der Waals surface area contributed by atoms with E-state index in [0.29, 0.717) is 5.03 Å². The van der Waals surface area contributed by atoms with Gasteiger partial charge in [0.05, 0.1) is 16.9 Å². The van der Waals surface area contributed by atoms with E-state index >= 15 is 0 Å². The minimum atomic E-state index is -0.208. The number of anilines is 2. The summed E-state index contributed by atoms with van der Waals surface area (Å²) in [4.78, 5) is 16.1. The summed E-state index contributed by atoms with van der Waals surface area (Å²) in [6.07, 6.45) is 0. The zero-order valence-corrected chi connectivity index (χ0v) is 14.1. The normalized spacial score (nSPS) is 9.83. The Morgan fingerprint density at radius 2 is 1.96 bits per heavy atom. The number of rotatable bonds is 4. The summed E-state index contributed by atoms with van der Waals surface area (Å²) in [5.41, 5.74) is 8.89. The molecule has 1 aromatic heterocycles. The lowest BCUT2D eigenvalue weighted by molar-refractivity contribution is -0.113. The molecule has 6 nitrogen and oxygen atoms in total. The molecular formula is C17H15N5OS. The van der Waals surface area contributed by atoms with Crippen LogP contribution in [-0.4, -0.2) is 16.6 Å². The van der Waals surface area contributed by atoms with Gasteiger partial charge in [0.1, 0.15) is 23.0 Å². The van der Waals surface area contributed by atoms with Crippen molar-refractivity contribution in [2.24, 2.45) is 0 Å². The Balaban J connectivity index is 2.08. The number of nitriles is 2. The monoisotopic (exact) mass is 337 g/mol. The maximum atomic E-state index is 12.1. The highest BCUT2D eigenvalue weighted by Gasteiger charge is 2.13. The molecule has 1 amide bonds. The zero-order chi connectivity index (χ0) is 17.7. The first-order valence-corrected chi connectivity index (χ1v) is 8.03. The van der Waals surface area contributed by atoms with Crippen LogP contribution in [0.5, 0.6) is 0 Å². The maximum Gasteiger partial charge on any atom is 0.234 e. The lowest BCUT2D eigenvalue weighted by Crippen LogP contribution is -2.15. The number of hydrogen-bond acceptors (Lipinski definition) is 6. The van der Waals surface area contributed by atoms with Crippen LogP contribution in [0.3, 0.4) is 0 Å². The fourth-order valence-corrected chi connectivity index (χ4v) is 2.83. The van der Waals surface area contributed by atoms with Crippen LogP contribution in [0.4, 0.5) is 11.5 Å². The number of carbonyl (C=O) groups is 1. The quantitative estimate of drug-likeness (QED) is 0.829. The number of amides is 1. The van der Waals surface area contributed by atoms with Crippen molar-refractivity contribution in [3.63, 3.8) is 0 Å². The van der Waals surface area contributed by atoms with Gasteiger partial charge < -0.3 is 11.1 Å². The molecule has 120 valence electrons. The molecule has 0 spiro atoms. The average Bonchev–Trinajstić information content (AvgIpc) is 2.55. The molecule has 0 saturated carbocycles. The lowest BCUT2D eigenvalue weighted by Gasteiger charge is -2.09. The van der Waals surface area contributed by atoms with E-state index in [-0.39, 0.29) is 28.6 Å². The molecule has 3 N–H and O–H groups in total. The van der Waals surface area contributed by atoms with Gasteiger partial charge in [0, 0.05) is 5.69 Å². The van der Waals surface area contributed by atoms with Crippen molar-refractivity contribution < 1.29 is 4.79 Å². The van der Waals surface area contributed by atoms with Crippen molar-refractivity contribution in [3.8, 4) is 12.1 Å². The molecule has 0 atom stereocenters. The van der Waals surface area contributed by atoms with Crippen LogP contribution in [0.25, 0.3) is 0 Å². The van der Waals surface area contributed by atoms with Crippen molar-refractivity contribution in [2.75, 3.05) is 16.8 Å². The first-order chi connectivity index (χ1) is 11.4. The summed E-state index contributed by atoms with van der Waals surface area (Å²) < 4.78 is 0. The van der Waals surface area contributed by atoms with Crippen LogP contribution >= 0.6 is 11.8 Å². The summed E-state index contributed by atoms with van der Waals surface area (Å²) in [6, 6.07) is 11.0. The van der Waals surface area contributed by atoms with Crippen LogP contribution in [0.1, 0.15) is 22.3 Å². The Labute approximate surface area is 144 Å². The Kier molecular flexibility index (Phi) is 5.41. The highest BCUT2D eigenvalue weighted by molar-refractivity contribution is 8.00. The fraction of sp³-hybridized carbons (Fsp3) is 0.176. The molecule has 0 saturated heterocycles. The number of nitrogens with two attached hydrogens (primary N) is 1. The zero-order valence-electron chi connectivity index (χ0n) is 13.3. The molecule has 7 heteroatoms. The Morgan fingerprint density at radius 1 is 1.25 bits per heavy atom. The van der Waals surface area contributed by atoms with E-state index in [1.165, 1.54) is 6.07 Å². The van der Waals surface area contributed by atoms with Gasteiger partial charge in [-0.25, -0.2) is 4.98 Å². The predicted octanol–water partition coefficient (Wildman–Crippen LogP) is 2.75. The van der Waals surface area contributed by atoms with Crippen LogP contribution < -0.4 is 11.1 Å². The van der Waals surface area contributed by atoms with E-state index < -0.39 is 0 Å². The molecule has 0 aliphatic heterocycles. The summed E-state index contributed by atoms with van der Waals surface area (Å²) in [7, 11) is 0. The molecule has 1 heterocycles. The molecule has 0 bridgehead atoms. The van der Waals surface area contributed by atoms with Gasteiger partial charge in [0.2, 0.25) is 5.91 Å². The van der Waals surface area contributed by atoms with Crippen molar-refractivity contribution in [1.82, 2.24) is 4.98 Å². The molecule has 1 aromatic carbocycles. The third-order valence-electron chi connectivity index (χ3n) is 3.25. The van der Waals surface area contributed by atoms with Crippen LogP contribution in [0.2, 0.25) is 0 Å². The summed E-state index contributed by atoms with van der Waals surface area (Å²) in [6.45, 7) is 3.91. The average molecular weight is 337 g/mol. The van der Waals surface area contributed by atoms with Crippen molar-refractivity contribution in [3.05, 3.63) is 46.5 Å². The number of aromatic nitrogens is 1. The van der Waals surface area contributed by atoms with Gasteiger partial charge in [-0.2, -0.15) is 10.5 Å². The highest BCUT2D eigenvalue weighted by atomic mass is 32.2. The van der Waals surface area contributed by atoms with Crippen LogP contribution in [0, 0.1) is 36.5 Å². The van der Waals surface area contributed by atoms with E-state index in [0.717, 1.165) is 28.6 Å². The first-order valence-electron chi connectivity index (χ1n) is 7.05. The topological polar surface area (TPSA) is 116 Å². The number of nitrogen functional groups attached to an aromatic ring is 1. The largest absolute Gasteiger partial charge is 0.383 e. The van der Waals surface area contributed by atoms with Crippen molar-refractivity contribution >= 4 is 29.2 Å². The lowest BCUT2D eigenvalue weighted by atomic mass is 10.1. The minimum absolute atomic E-state index is 0.0498. The third kappa shape index (κ3) is 4.03. The maximum absolute atomic E-state index is 12.1. The van der Waals surface area contributed by atoms with Gasteiger partial charge in [0.25, 0.3) is 0 Å². The van der Waals surface area contributed by atoms with E-state index in [9.17, 15) is 4.79 Å². The number of pyridine rings is 1. The summed E-state index contributed by atoms with van der Waals surface area (Å²) in [5, 5.41) is 21.2. The number of nitrogens with zero attached hydrogens (tertiary/aromatic N) is 3. The van der Waals surface area contributed by atoms with E-state index in [4.69, 9.17) is 16.3 Å². The molecule has 2 aromatic rings. The van der Waals surface area contributed by atoms with E-state index in [2.05, 4.69) is 10.3 Å². The molecule has 2 rings (SSSR count).